The topological polar surface area (TPSA) is 3.24 Å². The normalized spacial score (nSPS) is 16.8. The molecule has 0 N–H and O–H groups in total. The van der Waals surface area contributed by atoms with E-state index in [9.17, 15) is 0 Å². The van der Waals surface area contributed by atoms with Crippen molar-refractivity contribution in [3.8, 4) is 44.5 Å². The molecule has 1 unspecified atom stereocenters. The van der Waals surface area contributed by atoms with E-state index in [1.54, 1.807) is 0 Å². The van der Waals surface area contributed by atoms with Crippen LogP contribution in [0.2, 0.25) is 0 Å². The quantitative estimate of drug-likeness (QED) is 0.171. The van der Waals surface area contributed by atoms with E-state index >= 15 is 0 Å². The van der Waals surface area contributed by atoms with Crippen LogP contribution in [-0.2, 0) is 5.41 Å². The van der Waals surface area contributed by atoms with E-state index < -0.39 is 0 Å². The molecule has 2 heterocycles. The van der Waals surface area contributed by atoms with Crippen LogP contribution in [0.1, 0.15) is 67.2 Å². The lowest BCUT2D eigenvalue weighted by molar-refractivity contribution is 0.443. The number of nitrogens with zero attached hydrogens (tertiary/aromatic N) is 1. The molecule has 0 radical (unpaired) electrons. The number of hydrogen-bond acceptors (Lipinski definition) is 2. The van der Waals surface area contributed by atoms with Crippen LogP contribution in [0.5, 0.6) is 0 Å². The molecule has 0 saturated heterocycles. The van der Waals surface area contributed by atoms with Crippen LogP contribution in [-0.4, -0.2) is 0 Å². The Morgan fingerprint density at radius 3 is 2.10 bits per heavy atom. The summed E-state index contributed by atoms with van der Waals surface area (Å²) in [6, 6.07) is 72.1. The summed E-state index contributed by atoms with van der Waals surface area (Å²) in [7, 11) is 0. The second-order valence-corrected chi connectivity index (χ2v) is 19.1. The SMILES string of the molecule is CC12c3cccc(c3)-c3cc(-c4ccc(C5CCCCC5)cc4)ccc3N(c3c(-c4ccc5c(c4)sc4ccccc45)ccc4ccccc34)c3ccc(c1c3)-c1ccccc12. The molecule has 1 nitrogen and oxygen atoms in total. The highest BCUT2D eigenvalue weighted by atomic mass is 32.1. The molecule has 4 bridgehead atoms. The van der Waals surface area contributed by atoms with Gasteiger partial charge in [0.05, 0.1) is 11.4 Å². The summed E-state index contributed by atoms with van der Waals surface area (Å²) in [6.07, 6.45) is 6.69. The highest BCUT2D eigenvalue weighted by molar-refractivity contribution is 7.25. The van der Waals surface area contributed by atoms with E-state index in [0.29, 0.717) is 5.92 Å². The molecule has 1 aromatic heterocycles. The van der Waals surface area contributed by atoms with Crippen molar-refractivity contribution < 1.29 is 0 Å². The van der Waals surface area contributed by atoms with Crippen LogP contribution in [0.4, 0.5) is 17.1 Å². The van der Waals surface area contributed by atoms with Crippen LogP contribution in [0.25, 0.3) is 75.5 Å². The number of anilines is 3. The van der Waals surface area contributed by atoms with Gasteiger partial charge in [-0.05, 0) is 129 Å². The molecule has 9 aromatic carbocycles. The summed E-state index contributed by atoms with van der Waals surface area (Å²) in [6.45, 7) is 2.45. The minimum absolute atomic E-state index is 0.332. The van der Waals surface area contributed by atoms with Crippen molar-refractivity contribution in [2.75, 3.05) is 4.90 Å². The standard InChI is InChI=1S/C60H45NS/c1-60-45-16-11-15-43(34-45)53-35-42(40-24-22-39(23-25-40)38-12-3-2-4-13-38)28-33-56(53)61(46-29-32-50(55(60)37-46)49-18-7-9-20-54(49)60)59-47-17-6-5-14-41(47)26-30-48(59)44-27-31-52-51-19-8-10-21-57(51)62-58(52)36-44/h5-11,14-38H,2-4,12-13H2,1H3. The number of fused-ring (bicyclic) bond motifs is 13. The fourth-order valence-electron chi connectivity index (χ4n) is 11.5. The monoisotopic (exact) mass is 811 g/mol. The summed E-state index contributed by atoms with van der Waals surface area (Å²) in [4.78, 5) is 2.60. The Balaban J connectivity index is 1.09. The van der Waals surface area contributed by atoms with Gasteiger partial charge in [0.25, 0.3) is 0 Å². The largest absolute Gasteiger partial charge is 0.309 e. The van der Waals surface area contributed by atoms with Crippen LogP contribution in [0.3, 0.4) is 0 Å². The van der Waals surface area contributed by atoms with Crippen LogP contribution in [0, 0.1) is 0 Å². The molecule has 0 spiro atoms. The van der Waals surface area contributed by atoms with E-state index in [1.807, 2.05) is 11.3 Å². The van der Waals surface area contributed by atoms with Crippen molar-refractivity contribution >= 4 is 59.3 Å². The van der Waals surface area contributed by atoms with Crippen LogP contribution < -0.4 is 4.90 Å². The zero-order chi connectivity index (χ0) is 40.9. The van der Waals surface area contributed by atoms with E-state index in [2.05, 4.69) is 200 Å². The highest BCUT2D eigenvalue weighted by Gasteiger charge is 2.42. The average Bonchev–Trinajstić information content (AvgIpc) is 3.84. The van der Waals surface area contributed by atoms with Gasteiger partial charge in [-0.1, -0.05) is 165 Å². The average molecular weight is 812 g/mol. The predicted molar refractivity (Wildman–Crippen MR) is 265 cm³/mol. The summed E-state index contributed by atoms with van der Waals surface area (Å²) < 4.78 is 2.64. The van der Waals surface area contributed by atoms with E-state index in [-0.39, 0.29) is 5.41 Å². The Morgan fingerprint density at radius 1 is 0.468 bits per heavy atom. The first-order valence-corrected chi connectivity index (χ1v) is 23.3. The Bertz CT molecular complexity index is 3420. The maximum Gasteiger partial charge on any atom is 0.0618 e. The molecule has 10 aromatic rings. The van der Waals surface area contributed by atoms with E-state index in [4.69, 9.17) is 0 Å². The summed E-state index contributed by atoms with van der Waals surface area (Å²) in [5.74, 6) is 0.686. The van der Waals surface area contributed by atoms with E-state index in [0.717, 1.165) is 0 Å². The molecule has 2 aliphatic carbocycles. The smallest absolute Gasteiger partial charge is 0.0618 e. The maximum absolute atomic E-state index is 2.60. The van der Waals surface area contributed by atoms with Gasteiger partial charge < -0.3 is 4.90 Å². The minimum Gasteiger partial charge on any atom is -0.309 e. The highest BCUT2D eigenvalue weighted by Crippen LogP contribution is 2.57. The predicted octanol–water partition coefficient (Wildman–Crippen LogP) is 17.4. The molecule has 296 valence electrons. The van der Waals surface area contributed by atoms with Crippen molar-refractivity contribution in [1.29, 1.82) is 0 Å². The van der Waals surface area contributed by atoms with Gasteiger partial charge in [0.2, 0.25) is 0 Å². The van der Waals surface area contributed by atoms with Crippen molar-refractivity contribution in [3.05, 3.63) is 210 Å². The van der Waals surface area contributed by atoms with Gasteiger partial charge in [0, 0.05) is 47.8 Å². The van der Waals surface area contributed by atoms with Gasteiger partial charge in [0.15, 0.2) is 0 Å². The number of benzene rings is 9. The van der Waals surface area contributed by atoms with Crippen molar-refractivity contribution in [1.82, 2.24) is 0 Å². The van der Waals surface area contributed by atoms with Gasteiger partial charge in [-0.25, -0.2) is 0 Å². The van der Waals surface area contributed by atoms with Crippen molar-refractivity contribution in [3.63, 3.8) is 0 Å². The first-order chi connectivity index (χ1) is 30.6. The molecular weight excluding hydrogens is 767 g/mol. The van der Waals surface area contributed by atoms with Gasteiger partial charge in [-0.15, -0.1) is 11.3 Å². The number of hydrogen-bond donors (Lipinski definition) is 0. The molecule has 13 rings (SSSR count). The Kier molecular flexibility index (Phi) is 8.06. The fraction of sp³-hybridized carbons (Fsp3) is 0.133. The Morgan fingerprint density at radius 2 is 1.19 bits per heavy atom. The lowest BCUT2D eigenvalue weighted by Crippen LogP contribution is -2.23. The summed E-state index contributed by atoms with van der Waals surface area (Å²) in [5, 5.41) is 5.10. The third kappa shape index (κ3) is 5.39. The van der Waals surface area contributed by atoms with E-state index in [1.165, 1.54) is 147 Å². The molecule has 3 aliphatic rings. The van der Waals surface area contributed by atoms with Crippen LogP contribution >= 0.6 is 11.3 Å². The van der Waals surface area contributed by atoms with Crippen LogP contribution in [0.15, 0.2) is 188 Å². The molecule has 0 amide bonds. The molecule has 1 aliphatic heterocycles. The molecule has 1 atom stereocenters. The van der Waals surface area contributed by atoms with Gasteiger partial charge in [-0.3, -0.25) is 0 Å². The van der Waals surface area contributed by atoms with Gasteiger partial charge in [-0.2, -0.15) is 0 Å². The minimum atomic E-state index is -0.332. The van der Waals surface area contributed by atoms with Gasteiger partial charge >= 0.3 is 0 Å². The molecule has 1 fully saturated rings. The number of thiophene rings is 1. The Hall–Kier alpha value is -6.74. The lowest BCUT2D eigenvalue weighted by Gasteiger charge is -2.35. The summed E-state index contributed by atoms with van der Waals surface area (Å²) >= 11 is 1.89. The zero-order valence-electron chi connectivity index (χ0n) is 34.9. The maximum atomic E-state index is 2.60. The van der Waals surface area contributed by atoms with Gasteiger partial charge in [0.1, 0.15) is 0 Å². The third-order valence-corrected chi connectivity index (χ3v) is 15.8. The second-order valence-electron chi connectivity index (χ2n) is 18.0. The van der Waals surface area contributed by atoms with Crippen molar-refractivity contribution in [2.45, 2.75) is 50.4 Å². The molecule has 1 saturated carbocycles. The third-order valence-electron chi connectivity index (χ3n) is 14.7. The fourth-order valence-corrected chi connectivity index (χ4v) is 12.6. The summed E-state index contributed by atoms with van der Waals surface area (Å²) in [5.41, 5.74) is 18.8. The molecular formula is C60H45NS. The zero-order valence-corrected chi connectivity index (χ0v) is 35.7. The second kappa shape index (κ2) is 13.9. The number of rotatable bonds is 4. The molecule has 62 heavy (non-hydrogen) atoms. The first-order valence-electron chi connectivity index (χ1n) is 22.4. The first kappa shape index (κ1) is 36.0. The molecule has 2 heteroatoms. The van der Waals surface area contributed by atoms with Crippen molar-refractivity contribution in [2.24, 2.45) is 0 Å². The Labute approximate surface area is 367 Å². The lowest BCUT2D eigenvalue weighted by atomic mass is 9.73.